The highest BCUT2D eigenvalue weighted by Crippen LogP contribution is 2.42. The second kappa shape index (κ2) is 7.79. The van der Waals surface area contributed by atoms with Gasteiger partial charge in [-0.05, 0) is 30.3 Å². The summed E-state index contributed by atoms with van der Waals surface area (Å²) in [5, 5.41) is 7.33. The summed E-state index contributed by atoms with van der Waals surface area (Å²) in [7, 11) is 4.93. The highest BCUT2D eigenvalue weighted by Gasteiger charge is 2.28. The van der Waals surface area contributed by atoms with E-state index in [1.165, 1.54) is 12.1 Å². The Hall–Kier alpha value is -3.00. The zero-order valence-corrected chi connectivity index (χ0v) is 17.1. The molecule has 1 aliphatic heterocycles. The number of carbonyl (C=O) groups excluding carboxylic acids is 1. The third-order valence-corrected chi connectivity index (χ3v) is 5.96. The number of carbonyl (C=O) groups is 1. The van der Waals surface area contributed by atoms with Gasteiger partial charge < -0.3 is 14.8 Å². The Morgan fingerprint density at radius 1 is 1.24 bits per heavy atom. The van der Waals surface area contributed by atoms with Gasteiger partial charge in [-0.2, -0.15) is 5.10 Å². The number of amides is 1. The van der Waals surface area contributed by atoms with Crippen molar-refractivity contribution in [2.75, 3.05) is 14.2 Å². The van der Waals surface area contributed by atoms with E-state index in [1.807, 2.05) is 12.1 Å². The SMILES string of the molecule is COc1ccc(CNC(=O)c2nn(C)c3c2CSc2ccc(F)cc2-3)c(OC)c1. The van der Waals surface area contributed by atoms with Crippen LogP contribution >= 0.6 is 11.8 Å². The van der Waals surface area contributed by atoms with Gasteiger partial charge in [-0.15, -0.1) is 11.8 Å². The zero-order chi connectivity index (χ0) is 20.5. The minimum atomic E-state index is -0.309. The van der Waals surface area contributed by atoms with Crippen LogP contribution in [0.4, 0.5) is 4.39 Å². The van der Waals surface area contributed by atoms with Crippen LogP contribution in [-0.2, 0) is 19.3 Å². The maximum Gasteiger partial charge on any atom is 0.272 e. The van der Waals surface area contributed by atoms with Gasteiger partial charge in [0.2, 0.25) is 0 Å². The van der Waals surface area contributed by atoms with Crippen LogP contribution in [0.1, 0.15) is 21.6 Å². The van der Waals surface area contributed by atoms with Gasteiger partial charge >= 0.3 is 0 Å². The second-order valence-electron chi connectivity index (χ2n) is 6.59. The molecule has 1 aliphatic rings. The van der Waals surface area contributed by atoms with Crippen LogP contribution in [-0.4, -0.2) is 29.9 Å². The number of nitrogens with one attached hydrogen (secondary N) is 1. The molecule has 0 fully saturated rings. The van der Waals surface area contributed by atoms with Crippen molar-refractivity contribution in [1.29, 1.82) is 0 Å². The number of hydrogen-bond acceptors (Lipinski definition) is 5. The van der Waals surface area contributed by atoms with Crippen molar-refractivity contribution in [3.63, 3.8) is 0 Å². The first kappa shape index (κ1) is 19.3. The van der Waals surface area contributed by atoms with Gasteiger partial charge in [0, 0.05) is 47.0 Å². The minimum Gasteiger partial charge on any atom is -0.497 e. The maximum absolute atomic E-state index is 13.8. The van der Waals surface area contributed by atoms with E-state index in [0.29, 0.717) is 22.9 Å². The molecule has 0 spiro atoms. The highest BCUT2D eigenvalue weighted by molar-refractivity contribution is 7.98. The Bertz CT molecular complexity index is 1100. The first-order chi connectivity index (χ1) is 14.0. The number of aryl methyl sites for hydroxylation is 1. The van der Waals surface area contributed by atoms with Crippen LogP contribution in [0.25, 0.3) is 11.3 Å². The molecule has 150 valence electrons. The number of halogens is 1. The lowest BCUT2D eigenvalue weighted by Crippen LogP contribution is -2.24. The van der Waals surface area contributed by atoms with E-state index < -0.39 is 0 Å². The van der Waals surface area contributed by atoms with Crippen LogP contribution in [0.3, 0.4) is 0 Å². The van der Waals surface area contributed by atoms with Gasteiger partial charge in [0.05, 0.1) is 19.9 Å². The summed E-state index contributed by atoms with van der Waals surface area (Å²) in [6.45, 7) is 0.287. The first-order valence-electron chi connectivity index (χ1n) is 8.99. The van der Waals surface area contributed by atoms with Crippen molar-refractivity contribution in [1.82, 2.24) is 15.1 Å². The fourth-order valence-corrected chi connectivity index (χ4v) is 4.49. The molecule has 0 saturated carbocycles. The molecule has 2 heterocycles. The maximum atomic E-state index is 13.8. The number of fused-ring (bicyclic) bond motifs is 3. The molecule has 29 heavy (non-hydrogen) atoms. The molecule has 4 rings (SSSR count). The fourth-order valence-electron chi connectivity index (χ4n) is 3.44. The molecule has 1 amide bonds. The standard InChI is InChI=1S/C21H20FN3O3S/c1-25-20-15-8-13(22)5-7-18(15)29-11-16(20)19(24-25)21(26)23-10-12-4-6-14(27-2)9-17(12)28-3/h4-9H,10-11H2,1-3H3,(H,23,26). The molecule has 0 unspecified atom stereocenters. The van der Waals surface area contributed by atoms with Crippen molar-refractivity contribution in [2.24, 2.45) is 7.05 Å². The van der Waals surface area contributed by atoms with Crippen molar-refractivity contribution in [2.45, 2.75) is 17.2 Å². The molecule has 0 saturated heterocycles. The summed E-state index contributed by atoms with van der Waals surface area (Å²) in [6.07, 6.45) is 0. The molecule has 0 bridgehead atoms. The molecule has 6 nitrogen and oxygen atoms in total. The van der Waals surface area contributed by atoms with Gasteiger partial charge in [-0.3, -0.25) is 9.48 Å². The summed E-state index contributed by atoms with van der Waals surface area (Å²) in [5.41, 5.74) is 3.55. The van der Waals surface area contributed by atoms with Crippen LogP contribution in [0.2, 0.25) is 0 Å². The van der Waals surface area contributed by atoms with Gasteiger partial charge in [0.25, 0.3) is 5.91 Å². The van der Waals surface area contributed by atoms with Crippen LogP contribution < -0.4 is 14.8 Å². The Morgan fingerprint density at radius 2 is 2.07 bits per heavy atom. The third-order valence-electron chi connectivity index (χ3n) is 4.86. The van der Waals surface area contributed by atoms with Crippen LogP contribution in [0.15, 0.2) is 41.3 Å². The van der Waals surface area contributed by atoms with E-state index in [4.69, 9.17) is 9.47 Å². The third kappa shape index (κ3) is 3.55. The van der Waals surface area contributed by atoms with Crippen molar-refractivity contribution < 1.29 is 18.7 Å². The number of benzene rings is 2. The predicted molar refractivity (Wildman–Crippen MR) is 109 cm³/mol. The van der Waals surface area contributed by atoms with E-state index in [-0.39, 0.29) is 18.3 Å². The molecular formula is C21H20FN3O3S. The smallest absolute Gasteiger partial charge is 0.272 e. The monoisotopic (exact) mass is 413 g/mol. The predicted octanol–water partition coefficient (Wildman–Crippen LogP) is 3.78. The van der Waals surface area contributed by atoms with Gasteiger partial charge in [-0.25, -0.2) is 4.39 Å². The Kier molecular flexibility index (Phi) is 5.19. The number of methoxy groups -OCH3 is 2. The highest BCUT2D eigenvalue weighted by atomic mass is 32.2. The molecule has 2 aromatic carbocycles. The van der Waals surface area contributed by atoms with Crippen molar-refractivity contribution in [3.05, 3.63) is 59.0 Å². The van der Waals surface area contributed by atoms with Crippen LogP contribution in [0.5, 0.6) is 11.5 Å². The molecule has 0 radical (unpaired) electrons. The number of ether oxygens (including phenoxy) is 2. The van der Waals surface area contributed by atoms with Gasteiger partial charge in [-0.1, -0.05) is 0 Å². The number of rotatable bonds is 5. The first-order valence-corrected chi connectivity index (χ1v) is 9.98. The normalized spacial score (nSPS) is 12.1. The minimum absolute atomic E-state index is 0.278. The molecule has 1 aromatic heterocycles. The van der Waals surface area contributed by atoms with E-state index in [2.05, 4.69) is 10.4 Å². The van der Waals surface area contributed by atoms with Crippen LogP contribution in [0, 0.1) is 5.82 Å². The van der Waals surface area contributed by atoms with E-state index >= 15 is 0 Å². The number of hydrogen-bond donors (Lipinski definition) is 1. The summed E-state index contributed by atoms with van der Waals surface area (Å²) in [4.78, 5) is 13.9. The topological polar surface area (TPSA) is 65.4 Å². The molecule has 1 N–H and O–H groups in total. The van der Waals surface area contributed by atoms with Gasteiger partial charge in [0.1, 0.15) is 17.3 Å². The number of thioether (sulfide) groups is 1. The zero-order valence-electron chi connectivity index (χ0n) is 16.3. The quantitative estimate of drug-likeness (QED) is 0.690. The molecule has 0 atom stereocenters. The second-order valence-corrected chi connectivity index (χ2v) is 7.61. The molecule has 3 aromatic rings. The summed E-state index contributed by atoms with van der Waals surface area (Å²) >= 11 is 1.58. The summed E-state index contributed by atoms with van der Waals surface area (Å²) in [6, 6.07) is 10.1. The average Bonchev–Trinajstić information content (AvgIpc) is 3.08. The Balaban J connectivity index is 1.59. The molecule has 8 heteroatoms. The number of nitrogens with zero attached hydrogens (tertiary/aromatic N) is 2. The Morgan fingerprint density at radius 3 is 2.83 bits per heavy atom. The van der Waals surface area contributed by atoms with E-state index in [1.54, 1.807) is 49.8 Å². The number of aromatic nitrogens is 2. The van der Waals surface area contributed by atoms with Crippen molar-refractivity contribution in [3.8, 4) is 22.8 Å². The lowest BCUT2D eigenvalue weighted by atomic mass is 10.1. The van der Waals surface area contributed by atoms with Crippen molar-refractivity contribution >= 4 is 17.7 Å². The molecule has 0 aliphatic carbocycles. The fraction of sp³-hybridized carbons (Fsp3) is 0.238. The lowest BCUT2D eigenvalue weighted by molar-refractivity contribution is 0.0944. The van der Waals surface area contributed by atoms with E-state index in [0.717, 1.165) is 27.3 Å². The Labute approximate surface area is 172 Å². The molecular weight excluding hydrogens is 393 g/mol. The van der Waals surface area contributed by atoms with Gasteiger partial charge in [0.15, 0.2) is 5.69 Å². The van der Waals surface area contributed by atoms with E-state index in [9.17, 15) is 9.18 Å². The lowest BCUT2D eigenvalue weighted by Gasteiger charge is -2.17. The summed E-state index contributed by atoms with van der Waals surface area (Å²) < 4.78 is 26.0. The largest absolute Gasteiger partial charge is 0.497 e. The summed E-state index contributed by atoms with van der Waals surface area (Å²) in [5.74, 6) is 1.33. The average molecular weight is 413 g/mol.